The number of Topliss-reactive ketones (excluding diaryl/α,β-unsaturated/α-hetero) is 1. The number of H-pyrrole nitrogens is 1. The van der Waals surface area contributed by atoms with Crippen LogP contribution >= 0.6 is 11.8 Å². The van der Waals surface area contributed by atoms with Gasteiger partial charge < -0.3 is 0 Å². The minimum atomic E-state index is -3.50. The van der Waals surface area contributed by atoms with Crippen LogP contribution in [0.2, 0.25) is 0 Å². The van der Waals surface area contributed by atoms with Gasteiger partial charge in [0.15, 0.2) is 10.9 Å². The summed E-state index contributed by atoms with van der Waals surface area (Å²) in [4.78, 5) is 24.4. The van der Waals surface area contributed by atoms with Gasteiger partial charge in [0.25, 0.3) is 0 Å². The smallest absolute Gasteiger partial charge is 0.293 e. The summed E-state index contributed by atoms with van der Waals surface area (Å²) in [7, 11) is -3.50. The van der Waals surface area contributed by atoms with E-state index in [0.717, 1.165) is 25.7 Å². The second-order valence-electron chi connectivity index (χ2n) is 6.66. The van der Waals surface area contributed by atoms with Crippen LogP contribution in [0.15, 0.2) is 39.1 Å². The van der Waals surface area contributed by atoms with Crippen molar-refractivity contribution < 1.29 is 13.2 Å². The number of hydrogen-bond acceptors (Lipinski definition) is 6. The molecule has 2 heterocycles. The molecular formula is C18H24N4O4S2. The number of ketones is 1. The van der Waals surface area contributed by atoms with Gasteiger partial charge in [-0.1, -0.05) is 37.2 Å². The van der Waals surface area contributed by atoms with Gasteiger partial charge in [-0.25, -0.2) is 18.3 Å². The van der Waals surface area contributed by atoms with E-state index in [1.165, 1.54) is 32.8 Å². The van der Waals surface area contributed by atoms with Gasteiger partial charge >= 0.3 is 5.69 Å². The normalized spacial score (nSPS) is 15.6. The maximum atomic E-state index is 12.7. The first-order valence-electron chi connectivity index (χ1n) is 9.35. The molecule has 1 saturated heterocycles. The van der Waals surface area contributed by atoms with Crippen molar-refractivity contribution in [3.05, 3.63) is 40.3 Å². The minimum Gasteiger partial charge on any atom is -0.293 e. The van der Waals surface area contributed by atoms with Crippen molar-refractivity contribution in [3.63, 3.8) is 0 Å². The van der Waals surface area contributed by atoms with E-state index in [0.29, 0.717) is 30.4 Å². The zero-order chi connectivity index (χ0) is 20.1. The highest BCUT2D eigenvalue weighted by atomic mass is 32.2. The predicted molar refractivity (Wildman–Crippen MR) is 107 cm³/mol. The lowest BCUT2D eigenvalue weighted by Crippen LogP contribution is -2.35. The van der Waals surface area contributed by atoms with Gasteiger partial charge in [0.2, 0.25) is 10.0 Å². The van der Waals surface area contributed by atoms with E-state index in [-0.39, 0.29) is 22.1 Å². The highest BCUT2D eigenvalue weighted by molar-refractivity contribution is 7.99. The van der Waals surface area contributed by atoms with Crippen LogP contribution in [0.5, 0.6) is 0 Å². The van der Waals surface area contributed by atoms with Crippen molar-refractivity contribution in [3.8, 4) is 0 Å². The molecule has 0 aliphatic carbocycles. The van der Waals surface area contributed by atoms with E-state index in [1.807, 2.05) is 6.92 Å². The molecule has 3 rings (SSSR count). The van der Waals surface area contributed by atoms with Crippen LogP contribution in [0, 0.1) is 0 Å². The predicted octanol–water partition coefficient (Wildman–Crippen LogP) is 2.13. The maximum Gasteiger partial charge on any atom is 0.343 e. The summed E-state index contributed by atoms with van der Waals surface area (Å²) in [6.45, 7) is 3.58. The summed E-state index contributed by atoms with van der Waals surface area (Å²) in [6.07, 6.45) is 3.60. The lowest BCUT2D eigenvalue weighted by molar-refractivity contribution is 0.102. The van der Waals surface area contributed by atoms with Crippen LogP contribution in [0.1, 0.15) is 43.0 Å². The SMILES string of the molecule is CCCn1c(SCC(=O)c2ccc(S(=O)(=O)N3CCCCC3)cc2)n[nH]c1=O. The molecule has 10 heteroatoms. The molecule has 0 spiro atoms. The quantitative estimate of drug-likeness (QED) is 0.514. The Morgan fingerprint density at radius 1 is 1.18 bits per heavy atom. The van der Waals surface area contributed by atoms with Crippen molar-refractivity contribution in [1.29, 1.82) is 0 Å². The Hall–Kier alpha value is -1.91. The number of rotatable bonds is 8. The molecule has 1 aliphatic heterocycles. The number of aromatic amines is 1. The van der Waals surface area contributed by atoms with Gasteiger partial charge in [0.05, 0.1) is 10.6 Å². The van der Waals surface area contributed by atoms with Gasteiger partial charge in [0, 0.05) is 25.2 Å². The summed E-state index contributed by atoms with van der Waals surface area (Å²) in [6, 6.07) is 6.07. The fourth-order valence-corrected chi connectivity index (χ4v) is 5.50. The fourth-order valence-electron chi connectivity index (χ4n) is 3.11. The van der Waals surface area contributed by atoms with E-state index < -0.39 is 10.0 Å². The first-order valence-corrected chi connectivity index (χ1v) is 11.8. The molecule has 0 unspecified atom stereocenters. The number of piperidine rings is 1. The van der Waals surface area contributed by atoms with Crippen LogP contribution in [-0.4, -0.2) is 52.1 Å². The maximum absolute atomic E-state index is 12.7. The number of sulfonamides is 1. The van der Waals surface area contributed by atoms with Crippen LogP contribution < -0.4 is 5.69 Å². The van der Waals surface area contributed by atoms with Crippen molar-refractivity contribution >= 4 is 27.6 Å². The number of hydrogen-bond donors (Lipinski definition) is 1. The number of carbonyl (C=O) groups is 1. The largest absolute Gasteiger partial charge is 0.343 e. The molecular weight excluding hydrogens is 400 g/mol. The number of benzene rings is 1. The zero-order valence-electron chi connectivity index (χ0n) is 15.8. The summed E-state index contributed by atoms with van der Waals surface area (Å²) in [5, 5.41) is 6.82. The van der Waals surface area contributed by atoms with Gasteiger partial charge in [0.1, 0.15) is 0 Å². The highest BCUT2D eigenvalue weighted by Gasteiger charge is 2.26. The standard InChI is InChI=1S/C18H24N4O4S2/c1-2-10-22-17(24)19-20-18(22)27-13-16(23)14-6-8-15(9-7-14)28(25,26)21-11-4-3-5-12-21/h6-9H,2-5,10-13H2,1H3,(H,19,24). The van der Waals surface area contributed by atoms with Crippen molar-refractivity contribution in [2.45, 2.75) is 49.2 Å². The van der Waals surface area contributed by atoms with Crippen molar-refractivity contribution in [1.82, 2.24) is 19.1 Å². The molecule has 0 radical (unpaired) electrons. The number of aromatic nitrogens is 3. The first-order chi connectivity index (χ1) is 13.4. The topological polar surface area (TPSA) is 105 Å². The minimum absolute atomic E-state index is 0.117. The number of nitrogens with one attached hydrogen (secondary N) is 1. The molecule has 0 saturated carbocycles. The van der Waals surface area contributed by atoms with E-state index in [2.05, 4.69) is 10.2 Å². The van der Waals surface area contributed by atoms with Crippen LogP contribution in [0.3, 0.4) is 0 Å². The third-order valence-electron chi connectivity index (χ3n) is 4.63. The Morgan fingerprint density at radius 3 is 2.50 bits per heavy atom. The Bertz CT molecular complexity index is 974. The lowest BCUT2D eigenvalue weighted by Gasteiger charge is -2.25. The van der Waals surface area contributed by atoms with E-state index >= 15 is 0 Å². The molecule has 1 N–H and O–H groups in total. The highest BCUT2D eigenvalue weighted by Crippen LogP contribution is 2.22. The Labute approximate surface area is 168 Å². The van der Waals surface area contributed by atoms with Crippen molar-refractivity contribution in [2.75, 3.05) is 18.8 Å². The molecule has 2 aromatic rings. The van der Waals surface area contributed by atoms with Gasteiger partial charge in [-0.2, -0.15) is 4.31 Å². The van der Waals surface area contributed by atoms with Gasteiger partial charge in [-0.05, 0) is 31.4 Å². The van der Waals surface area contributed by atoms with E-state index in [1.54, 1.807) is 12.1 Å². The Balaban J connectivity index is 1.66. The molecule has 28 heavy (non-hydrogen) atoms. The number of carbonyl (C=O) groups excluding carboxylic acids is 1. The average molecular weight is 425 g/mol. The molecule has 8 nitrogen and oxygen atoms in total. The molecule has 0 atom stereocenters. The second-order valence-corrected chi connectivity index (χ2v) is 9.54. The average Bonchev–Trinajstić information content (AvgIpc) is 3.07. The summed E-state index contributed by atoms with van der Waals surface area (Å²) < 4.78 is 28.4. The second kappa shape index (κ2) is 9.06. The first kappa shape index (κ1) is 20.8. The molecule has 1 fully saturated rings. The van der Waals surface area contributed by atoms with E-state index in [9.17, 15) is 18.0 Å². The summed E-state index contributed by atoms with van der Waals surface area (Å²) in [5.74, 6) is -0.0305. The van der Waals surface area contributed by atoms with Gasteiger partial charge in [-0.15, -0.1) is 5.10 Å². The number of nitrogens with zero attached hydrogens (tertiary/aromatic N) is 3. The monoisotopic (exact) mass is 424 g/mol. The van der Waals surface area contributed by atoms with E-state index in [4.69, 9.17) is 0 Å². The lowest BCUT2D eigenvalue weighted by atomic mass is 10.1. The third kappa shape index (κ3) is 4.56. The summed E-state index contributed by atoms with van der Waals surface area (Å²) in [5.41, 5.74) is 0.147. The molecule has 1 aromatic heterocycles. The van der Waals surface area contributed by atoms with Crippen molar-refractivity contribution in [2.24, 2.45) is 0 Å². The Morgan fingerprint density at radius 2 is 1.86 bits per heavy atom. The molecule has 152 valence electrons. The molecule has 0 amide bonds. The number of thioether (sulfide) groups is 1. The van der Waals surface area contributed by atoms with Crippen LogP contribution in [0.25, 0.3) is 0 Å². The zero-order valence-corrected chi connectivity index (χ0v) is 17.4. The third-order valence-corrected chi connectivity index (χ3v) is 7.52. The molecule has 1 aliphatic rings. The van der Waals surface area contributed by atoms with Gasteiger partial charge in [-0.3, -0.25) is 9.36 Å². The summed E-state index contributed by atoms with van der Waals surface area (Å²) >= 11 is 1.19. The Kier molecular flexibility index (Phi) is 6.73. The molecule has 0 bridgehead atoms. The van der Waals surface area contributed by atoms with Crippen LogP contribution in [-0.2, 0) is 16.6 Å². The molecule has 1 aromatic carbocycles. The fraction of sp³-hybridized carbons (Fsp3) is 0.500. The van der Waals surface area contributed by atoms with Crippen LogP contribution in [0.4, 0.5) is 0 Å².